The van der Waals surface area contributed by atoms with E-state index in [4.69, 9.17) is 0 Å². The third-order valence-corrected chi connectivity index (χ3v) is 4.76. The van der Waals surface area contributed by atoms with Crippen molar-refractivity contribution in [2.75, 3.05) is 13.1 Å². The Hall–Kier alpha value is -1.43. The predicted octanol–water partition coefficient (Wildman–Crippen LogP) is 1.51. The van der Waals surface area contributed by atoms with Crippen LogP contribution in [0.2, 0.25) is 0 Å². The van der Waals surface area contributed by atoms with Crippen LogP contribution in [0.4, 0.5) is 0 Å². The van der Waals surface area contributed by atoms with Crippen LogP contribution in [0.25, 0.3) is 0 Å². The molecule has 0 spiro atoms. The van der Waals surface area contributed by atoms with Gasteiger partial charge in [0.05, 0.1) is 12.2 Å². The summed E-state index contributed by atoms with van der Waals surface area (Å²) >= 11 is 0. The minimum Gasteiger partial charge on any atom is -0.348 e. The van der Waals surface area contributed by atoms with Gasteiger partial charge in [0.1, 0.15) is 0 Å². The number of rotatable bonds is 5. The van der Waals surface area contributed by atoms with E-state index in [1.807, 2.05) is 0 Å². The number of hydrogen-bond acceptors (Lipinski definition) is 4. The Labute approximate surface area is 125 Å². The van der Waals surface area contributed by atoms with Crippen molar-refractivity contribution in [3.63, 3.8) is 0 Å². The number of aromatic nitrogens is 3. The summed E-state index contributed by atoms with van der Waals surface area (Å²) in [5, 5.41) is 14.4. The fraction of sp³-hybridized carbons (Fsp3) is 0.800. The van der Waals surface area contributed by atoms with Crippen molar-refractivity contribution in [1.82, 2.24) is 25.6 Å². The van der Waals surface area contributed by atoms with Gasteiger partial charge in [0.25, 0.3) is 5.91 Å². The van der Waals surface area contributed by atoms with Gasteiger partial charge in [0.15, 0.2) is 5.69 Å². The van der Waals surface area contributed by atoms with Crippen LogP contribution in [0, 0.1) is 5.92 Å². The first-order valence-electron chi connectivity index (χ1n) is 8.19. The maximum Gasteiger partial charge on any atom is 0.273 e. The molecule has 0 bridgehead atoms. The molecule has 1 aliphatic carbocycles. The van der Waals surface area contributed by atoms with Crippen molar-refractivity contribution < 1.29 is 4.79 Å². The predicted molar refractivity (Wildman–Crippen MR) is 80.0 cm³/mol. The highest BCUT2D eigenvalue weighted by molar-refractivity contribution is 5.92. The summed E-state index contributed by atoms with van der Waals surface area (Å²) in [6.07, 6.45) is 9.02. The second-order valence-electron chi connectivity index (χ2n) is 6.38. The van der Waals surface area contributed by atoms with E-state index >= 15 is 0 Å². The first-order valence-corrected chi connectivity index (χ1v) is 8.19. The Morgan fingerprint density at radius 2 is 2.14 bits per heavy atom. The molecule has 0 aromatic carbocycles. The Morgan fingerprint density at radius 1 is 1.38 bits per heavy atom. The van der Waals surface area contributed by atoms with Crippen LogP contribution in [0.3, 0.4) is 0 Å². The van der Waals surface area contributed by atoms with Crippen LogP contribution >= 0.6 is 0 Å². The van der Waals surface area contributed by atoms with Gasteiger partial charge in [-0.2, -0.15) is 0 Å². The van der Waals surface area contributed by atoms with Gasteiger partial charge in [-0.05, 0) is 31.6 Å². The summed E-state index contributed by atoms with van der Waals surface area (Å²) in [4.78, 5) is 12.2. The summed E-state index contributed by atoms with van der Waals surface area (Å²) < 4.78 is 1.80. The summed E-state index contributed by atoms with van der Waals surface area (Å²) in [7, 11) is 0. The third kappa shape index (κ3) is 3.43. The van der Waals surface area contributed by atoms with Gasteiger partial charge in [-0.3, -0.25) is 4.79 Å². The van der Waals surface area contributed by atoms with Crippen LogP contribution in [0.5, 0.6) is 0 Å². The van der Waals surface area contributed by atoms with E-state index in [0.29, 0.717) is 17.8 Å². The van der Waals surface area contributed by atoms with Crippen molar-refractivity contribution >= 4 is 5.91 Å². The van der Waals surface area contributed by atoms with E-state index in [2.05, 4.69) is 27.9 Å². The lowest BCUT2D eigenvalue weighted by molar-refractivity contribution is 0.0916. The van der Waals surface area contributed by atoms with Crippen molar-refractivity contribution in [2.24, 2.45) is 5.92 Å². The van der Waals surface area contributed by atoms with E-state index in [1.165, 1.54) is 25.7 Å². The molecule has 6 nitrogen and oxygen atoms in total. The number of carbonyl (C=O) groups is 1. The Morgan fingerprint density at radius 3 is 2.76 bits per heavy atom. The van der Waals surface area contributed by atoms with Crippen LogP contribution < -0.4 is 10.6 Å². The second kappa shape index (κ2) is 6.56. The molecule has 3 rings (SSSR count). The standard InChI is InChI=1S/C15H25N5O/c1-2-3-11-4-6-12(7-5-11)17-15(21)14-10-20(19-18-14)13-8-16-9-13/h10-13,16H,2-9H2,1H3,(H,17,21). The van der Waals surface area contributed by atoms with E-state index in [0.717, 1.165) is 31.8 Å². The molecule has 1 aliphatic heterocycles. The number of hydrogen-bond donors (Lipinski definition) is 2. The Balaban J connectivity index is 1.49. The summed E-state index contributed by atoms with van der Waals surface area (Å²) in [6, 6.07) is 0.657. The van der Waals surface area contributed by atoms with Crippen molar-refractivity contribution in [3.8, 4) is 0 Å². The maximum atomic E-state index is 12.2. The lowest BCUT2D eigenvalue weighted by atomic mass is 9.83. The molecule has 0 radical (unpaired) electrons. The lowest BCUT2D eigenvalue weighted by Crippen LogP contribution is -2.43. The van der Waals surface area contributed by atoms with Crippen molar-refractivity contribution in [3.05, 3.63) is 11.9 Å². The topological polar surface area (TPSA) is 71.8 Å². The molecule has 2 fully saturated rings. The number of nitrogens with zero attached hydrogens (tertiary/aromatic N) is 3. The van der Waals surface area contributed by atoms with Gasteiger partial charge in [-0.15, -0.1) is 5.10 Å². The number of carbonyl (C=O) groups excluding carboxylic acids is 1. The van der Waals surface area contributed by atoms with E-state index < -0.39 is 0 Å². The average Bonchev–Trinajstić information content (AvgIpc) is 2.89. The van der Waals surface area contributed by atoms with E-state index in [9.17, 15) is 4.79 Å². The smallest absolute Gasteiger partial charge is 0.273 e. The van der Waals surface area contributed by atoms with E-state index in [1.54, 1.807) is 10.9 Å². The molecular weight excluding hydrogens is 266 g/mol. The number of amides is 1. The average molecular weight is 291 g/mol. The fourth-order valence-corrected chi connectivity index (χ4v) is 3.28. The molecular formula is C15H25N5O. The van der Waals surface area contributed by atoms with Crippen LogP contribution in [-0.2, 0) is 0 Å². The largest absolute Gasteiger partial charge is 0.348 e. The Bertz CT molecular complexity index is 474. The summed E-state index contributed by atoms with van der Waals surface area (Å²) in [5.74, 6) is 0.780. The zero-order valence-electron chi connectivity index (χ0n) is 12.7. The second-order valence-corrected chi connectivity index (χ2v) is 6.38. The van der Waals surface area contributed by atoms with Gasteiger partial charge in [0.2, 0.25) is 0 Å². The quantitative estimate of drug-likeness (QED) is 0.862. The van der Waals surface area contributed by atoms with Crippen LogP contribution in [0.1, 0.15) is 62.0 Å². The van der Waals surface area contributed by atoms with Gasteiger partial charge < -0.3 is 10.6 Å². The molecule has 116 valence electrons. The molecule has 1 amide bonds. The highest BCUT2D eigenvalue weighted by atomic mass is 16.2. The summed E-state index contributed by atoms with van der Waals surface area (Å²) in [6.45, 7) is 4.06. The van der Waals surface area contributed by atoms with Crippen LogP contribution in [0.15, 0.2) is 6.20 Å². The first-order chi connectivity index (χ1) is 10.3. The first kappa shape index (κ1) is 14.5. The molecule has 0 unspecified atom stereocenters. The zero-order valence-corrected chi connectivity index (χ0v) is 12.7. The van der Waals surface area contributed by atoms with Gasteiger partial charge in [0, 0.05) is 19.1 Å². The monoisotopic (exact) mass is 291 g/mol. The molecule has 1 saturated carbocycles. The molecule has 2 N–H and O–H groups in total. The van der Waals surface area contributed by atoms with Gasteiger partial charge in [-0.25, -0.2) is 4.68 Å². The molecule has 2 heterocycles. The van der Waals surface area contributed by atoms with Gasteiger partial charge in [-0.1, -0.05) is 25.0 Å². The van der Waals surface area contributed by atoms with E-state index in [-0.39, 0.29) is 5.91 Å². The lowest BCUT2D eigenvalue weighted by Gasteiger charge is -2.28. The van der Waals surface area contributed by atoms with Gasteiger partial charge >= 0.3 is 0 Å². The minimum atomic E-state index is -0.0764. The Kier molecular flexibility index (Phi) is 4.53. The third-order valence-electron chi connectivity index (χ3n) is 4.76. The molecule has 6 heteroatoms. The maximum absolute atomic E-state index is 12.2. The molecule has 1 saturated heterocycles. The van der Waals surface area contributed by atoms with Crippen LogP contribution in [-0.4, -0.2) is 40.0 Å². The SMILES string of the molecule is CCCC1CCC(NC(=O)c2cn(C3CNC3)nn2)CC1. The normalized spacial score (nSPS) is 26.3. The highest BCUT2D eigenvalue weighted by Gasteiger charge is 2.25. The van der Waals surface area contributed by atoms with Crippen molar-refractivity contribution in [2.45, 2.75) is 57.5 Å². The molecule has 21 heavy (non-hydrogen) atoms. The molecule has 2 aliphatic rings. The minimum absolute atomic E-state index is 0.0764. The summed E-state index contributed by atoms with van der Waals surface area (Å²) in [5.41, 5.74) is 0.442. The zero-order chi connectivity index (χ0) is 14.7. The molecule has 0 atom stereocenters. The highest BCUT2D eigenvalue weighted by Crippen LogP contribution is 2.27. The van der Waals surface area contributed by atoms with Crippen molar-refractivity contribution in [1.29, 1.82) is 0 Å². The fourth-order valence-electron chi connectivity index (χ4n) is 3.28. The molecule has 1 aromatic rings. The molecule has 1 aromatic heterocycles. The number of nitrogens with one attached hydrogen (secondary N) is 2.